The third kappa shape index (κ3) is 4.28. The maximum atomic E-state index is 12.9. The fourth-order valence-electron chi connectivity index (χ4n) is 3.87. The van der Waals surface area contributed by atoms with E-state index in [0.717, 1.165) is 31.7 Å². The van der Waals surface area contributed by atoms with Crippen LogP contribution in [0.4, 0.5) is 0 Å². The van der Waals surface area contributed by atoms with Gasteiger partial charge in [-0.3, -0.25) is 4.79 Å². The maximum Gasteiger partial charge on any atom is 0.243 e. The van der Waals surface area contributed by atoms with Crippen molar-refractivity contribution in [2.45, 2.75) is 24.7 Å². The summed E-state index contributed by atoms with van der Waals surface area (Å²) < 4.78 is 32.6. The number of amides is 1. The number of quaternary nitrogens is 1. The van der Waals surface area contributed by atoms with Crippen molar-refractivity contribution in [1.82, 2.24) is 9.21 Å². The van der Waals surface area contributed by atoms with Crippen LogP contribution in [0.15, 0.2) is 23.1 Å². The van der Waals surface area contributed by atoms with Crippen molar-refractivity contribution in [3.05, 3.63) is 23.8 Å². The van der Waals surface area contributed by atoms with Crippen molar-refractivity contribution in [3.63, 3.8) is 0 Å². The number of sulfonamides is 1. The van der Waals surface area contributed by atoms with Gasteiger partial charge in [-0.15, -0.1) is 0 Å². The fourth-order valence-corrected chi connectivity index (χ4v) is 5.43. The zero-order chi connectivity index (χ0) is 19.6. The molecular weight excluding hydrogens is 366 g/mol. The number of hydrogen-bond acceptors (Lipinski definition) is 4. The molecule has 1 aromatic rings. The van der Waals surface area contributed by atoms with Gasteiger partial charge in [0.25, 0.3) is 0 Å². The molecule has 27 heavy (non-hydrogen) atoms. The van der Waals surface area contributed by atoms with Gasteiger partial charge in [0.2, 0.25) is 15.9 Å². The van der Waals surface area contributed by atoms with Crippen LogP contribution in [-0.4, -0.2) is 77.0 Å². The van der Waals surface area contributed by atoms with Gasteiger partial charge >= 0.3 is 0 Å². The first-order chi connectivity index (χ1) is 12.8. The van der Waals surface area contributed by atoms with E-state index in [4.69, 9.17) is 4.74 Å². The molecule has 2 heterocycles. The molecule has 0 saturated carbocycles. The maximum absolute atomic E-state index is 12.9. The number of benzene rings is 1. The number of likely N-dealkylation sites (N-methyl/N-ethyl adjacent to an activating group) is 1. The second-order valence-corrected chi connectivity index (χ2v) is 9.53. The van der Waals surface area contributed by atoms with Crippen LogP contribution < -0.4 is 9.64 Å². The molecule has 8 heteroatoms. The van der Waals surface area contributed by atoms with E-state index in [9.17, 15) is 13.2 Å². The molecule has 0 aromatic heterocycles. The predicted molar refractivity (Wildman–Crippen MR) is 102 cm³/mol. The van der Waals surface area contributed by atoms with Gasteiger partial charge in [0.05, 0.1) is 45.2 Å². The number of aryl methyl sites for hydroxylation is 1. The Morgan fingerprint density at radius 2 is 1.78 bits per heavy atom. The van der Waals surface area contributed by atoms with Gasteiger partial charge in [-0.05, 0) is 43.5 Å². The summed E-state index contributed by atoms with van der Waals surface area (Å²) in [6.07, 6.45) is 1.18. The molecule has 7 nitrogen and oxygen atoms in total. The van der Waals surface area contributed by atoms with Crippen LogP contribution in [-0.2, 0) is 14.8 Å². The average molecular weight is 397 g/mol. The van der Waals surface area contributed by atoms with Crippen LogP contribution in [0.25, 0.3) is 0 Å². The van der Waals surface area contributed by atoms with E-state index < -0.39 is 10.0 Å². The van der Waals surface area contributed by atoms with Gasteiger partial charge in [0.1, 0.15) is 5.75 Å². The van der Waals surface area contributed by atoms with E-state index in [1.807, 2.05) is 11.8 Å². The summed E-state index contributed by atoms with van der Waals surface area (Å²) in [6.45, 7) is 6.18. The highest BCUT2D eigenvalue weighted by molar-refractivity contribution is 7.89. The summed E-state index contributed by atoms with van der Waals surface area (Å²) in [5.74, 6) is 0.805. The highest BCUT2D eigenvalue weighted by Crippen LogP contribution is 2.27. The third-order valence-electron chi connectivity index (χ3n) is 5.74. The van der Waals surface area contributed by atoms with Crippen molar-refractivity contribution < 1.29 is 22.8 Å². The monoisotopic (exact) mass is 396 g/mol. The lowest BCUT2D eigenvalue weighted by Gasteiger charge is -2.36. The minimum absolute atomic E-state index is 0.0625. The summed E-state index contributed by atoms with van der Waals surface area (Å²) in [5, 5.41) is 0. The Labute approximate surface area is 161 Å². The fraction of sp³-hybridized carbons (Fsp3) is 0.632. The number of carbonyl (C=O) groups excluding carboxylic acids is 1. The SMILES string of the molecule is COc1ccc(S(=O)(=O)N2CCC(C(=O)N3CC[NH+](C)CC3)CC2)cc1C. The number of carbonyl (C=O) groups is 1. The molecule has 0 unspecified atom stereocenters. The zero-order valence-electron chi connectivity index (χ0n) is 16.4. The Bertz CT molecular complexity index is 780. The number of piperazine rings is 1. The Morgan fingerprint density at radius 3 is 2.33 bits per heavy atom. The Hall–Kier alpha value is -1.64. The second kappa shape index (κ2) is 8.16. The van der Waals surface area contributed by atoms with E-state index in [0.29, 0.717) is 31.7 Å². The normalized spacial score (nSPS) is 20.6. The topological polar surface area (TPSA) is 71.4 Å². The molecule has 2 fully saturated rings. The highest BCUT2D eigenvalue weighted by Gasteiger charge is 2.35. The molecule has 3 rings (SSSR count). The van der Waals surface area contributed by atoms with Gasteiger partial charge in [-0.1, -0.05) is 0 Å². The number of rotatable bonds is 4. The van der Waals surface area contributed by atoms with Crippen LogP contribution in [0.3, 0.4) is 0 Å². The number of piperidine rings is 1. The van der Waals surface area contributed by atoms with Gasteiger partial charge in [-0.2, -0.15) is 4.31 Å². The Balaban J connectivity index is 1.62. The standard InChI is InChI=1S/C19H29N3O4S/c1-15-14-17(4-5-18(15)26-3)27(24,25)22-8-6-16(7-9-22)19(23)21-12-10-20(2)11-13-21/h4-5,14,16H,6-13H2,1-3H3/p+1. The lowest BCUT2D eigenvalue weighted by atomic mass is 9.96. The minimum Gasteiger partial charge on any atom is -0.496 e. The first kappa shape index (κ1) is 20.1. The van der Waals surface area contributed by atoms with Crippen LogP contribution in [0, 0.1) is 12.8 Å². The Morgan fingerprint density at radius 1 is 1.15 bits per heavy atom. The van der Waals surface area contributed by atoms with E-state index in [1.54, 1.807) is 25.3 Å². The van der Waals surface area contributed by atoms with E-state index in [-0.39, 0.29) is 16.7 Å². The van der Waals surface area contributed by atoms with E-state index >= 15 is 0 Å². The average Bonchev–Trinajstić information content (AvgIpc) is 2.68. The summed E-state index contributed by atoms with van der Waals surface area (Å²) >= 11 is 0. The smallest absolute Gasteiger partial charge is 0.243 e. The number of nitrogens with one attached hydrogen (secondary N) is 1. The number of ether oxygens (including phenoxy) is 1. The minimum atomic E-state index is -3.54. The van der Waals surface area contributed by atoms with Crippen LogP contribution in [0.5, 0.6) is 5.75 Å². The molecule has 150 valence electrons. The van der Waals surface area contributed by atoms with E-state index in [1.165, 1.54) is 9.21 Å². The molecule has 2 aliphatic rings. The molecule has 0 spiro atoms. The summed E-state index contributed by atoms with van der Waals surface area (Å²) in [7, 11) is 0.173. The highest BCUT2D eigenvalue weighted by atomic mass is 32.2. The molecule has 2 saturated heterocycles. The van der Waals surface area contributed by atoms with Crippen LogP contribution in [0.1, 0.15) is 18.4 Å². The van der Waals surface area contributed by atoms with Gasteiger partial charge in [0.15, 0.2) is 0 Å². The molecular formula is C19H30N3O4S+. The molecule has 0 bridgehead atoms. The van der Waals surface area contributed by atoms with Crippen LogP contribution in [0.2, 0.25) is 0 Å². The second-order valence-electron chi connectivity index (χ2n) is 7.59. The van der Waals surface area contributed by atoms with Crippen molar-refractivity contribution in [2.75, 3.05) is 53.4 Å². The van der Waals surface area contributed by atoms with Crippen LogP contribution >= 0.6 is 0 Å². The van der Waals surface area contributed by atoms with Crippen molar-refractivity contribution in [3.8, 4) is 5.75 Å². The van der Waals surface area contributed by atoms with Gasteiger partial charge < -0.3 is 14.5 Å². The summed E-state index contributed by atoms with van der Waals surface area (Å²) in [5.41, 5.74) is 0.792. The van der Waals surface area contributed by atoms with E-state index in [2.05, 4.69) is 7.05 Å². The molecule has 0 aliphatic carbocycles. The first-order valence-electron chi connectivity index (χ1n) is 9.58. The summed E-state index contributed by atoms with van der Waals surface area (Å²) in [4.78, 5) is 16.4. The molecule has 1 amide bonds. The summed E-state index contributed by atoms with van der Waals surface area (Å²) in [6, 6.07) is 4.93. The quantitative estimate of drug-likeness (QED) is 0.763. The van der Waals surface area contributed by atoms with Gasteiger partial charge in [-0.25, -0.2) is 8.42 Å². The largest absolute Gasteiger partial charge is 0.496 e. The molecule has 1 N–H and O–H groups in total. The van der Waals surface area contributed by atoms with Crippen molar-refractivity contribution in [1.29, 1.82) is 0 Å². The molecule has 0 atom stereocenters. The number of hydrogen-bond donors (Lipinski definition) is 1. The predicted octanol–water partition coefficient (Wildman–Crippen LogP) is -0.239. The molecule has 0 radical (unpaired) electrons. The van der Waals surface area contributed by atoms with Crippen molar-refractivity contribution in [2.24, 2.45) is 5.92 Å². The lowest BCUT2D eigenvalue weighted by molar-refractivity contribution is -0.883. The first-order valence-corrected chi connectivity index (χ1v) is 11.0. The lowest BCUT2D eigenvalue weighted by Crippen LogP contribution is -3.12. The van der Waals surface area contributed by atoms with Gasteiger partial charge in [0, 0.05) is 19.0 Å². The zero-order valence-corrected chi connectivity index (χ0v) is 17.2. The molecule has 2 aliphatic heterocycles. The third-order valence-corrected chi connectivity index (χ3v) is 7.63. The number of nitrogens with zero attached hydrogens (tertiary/aromatic N) is 2. The number of methoxy groups -OCH3 is 1. The van der Waals surface area contributed by atoms with Crippen molar-refractivity contribution >= 4 is 15.9 Å². The Kier molecular flexibility index (Phi) is 6.08. The molecule has 1 aromatic carbocycles.